The van der Waals surface area contributed by atoms with E-state index in [1.54, 1.807) is 17.8 Å². The number of nitrogens with zero attached hydrogens (tertiary/aromatic N) is 4. The second-order valence-electron chi connectivity index (χ2n) is 6.81. The summed E-state index contributed by atoms with van der Waals surface area (Å²) in [6, 6.07) is 9.43. The first kappa shape index (κ1) is 17.1. The van der Waals surface area contributed by atoms with Gasteiger partial charge < -0.3 is 10.4 Å². The van der Waals surface area contributed by atoms with E-state index in [9.17, 15) is 9.59 Å². The van der Waals surface area contributed by atoms with Gasteiger partial charge >= 0.3 is 5.97 Å². The highest BCUT2D eigenvalue weighted by Crippen LogP contribution is 2.26. The van der Waals surface area contributed by atoms with Crippen LogP contribution in [-0.4, -0.2) is 43.0 Å². The molecule has 4 rings (SSSR count). The molecule has 27 heavy (non-hydrogen) atoms. The maximum Gasteiger partial charge on any atom is 0.306 e. The minimum Gasteiger partial charge on any atom is -0.481 e. The summed E-state index contributed by atoms with van der Waals surface area (Å²) in [7, 11) is 0. The van der Waals surface area contributed by atoms with Crippen LogP contribution >= 0.6 is 0 Å². The molecule has 8 nitrogen and oxygen atoms in total. The smallest absolute Gasteiger partial charge is 0.306 e. The van der Waals surface area contributed by atoms with Crippen LogP contribution in [0.2, 0.25) is 0 Å². The molecule has 0 spiro atoms. The SMILES string of the molecule is Cc1c(C(=O)N[C@H]2CC[C@@H](C(=O)O)C2)nnn1-c1cccc2cccnc12. The van der Waals surface area contributed by atoms with E-state index in [0.717, 1.165) is 16.6 Å². The number of fused-ring (bicyclic) bond motifs is 1. The second-order valence-corrected chi connectivity index (χ2v) is 6.81. The maximum absolute atomic E-state index is 12.6. The van der Waals surface area contributed by atoms with Gasteiger partial charge in [0.15, 0.2) is 5.69 Å². The van der Waals surface area contributed by atoms with Crippen molar-refractivity contribution in [3.8, 4) is 5.69 Å². The Labute approximate surface area is 155 Å². The van der Waals surface area contributed by atoms with Crippen molar-refractivity contribution in [1.82, 2.24) is 25.3 Å². The van der Waals surface area contributed by atoms with Crippen LogP contribution in [0.1, 0.15) is 35.4 Å². The summed E-state index contributed by atoms with van der Waals surface area (Å²) in [5, 5.41) is 21.2. The van der Waals surface area contributed by atoms with Crippen molar-refractivity contribution < 1.29 is 14.7 Å². The molecule has 2 atom stereocenters. The zero-order valence-electron chi connectivity index (χ0n) is 14.8. The largest absolute Gasteiger partial charge is 0.481 e. The first-order valence-corrected chi connectivity index (χ1v) is 8.84. The molecule has 3 aromatic rings. The van der Waals surface area contributed by atoms with Crippen molar-refractivity contribution in [1.29, 1.82) is 0 Å². The summed E-state index contributed by atoms with van der Waals surface area (Å²) >= 11 is 0. The van der Waals surface area contributed by atoms with Gasteiger partial charge in [0.1, 0.15) is 0 Å². The van der Waals surface area contributed by atoms with Crippen LogP contribution < -0.4 is 5.32 Å². The number of carbonyl (C=O) groups is 2. The Bertz CT molecular complexity index is 1020. The van der Waals surface area contributed by atoms with Gasteiger partial charge in [0.05, 0.1) is 22.8 Å². The number of pyridine rings is 1. The lowest BCUT2D eigenvalue weighted by Crippen LogP contribution is -2.34. The lowest BCUT2D eigenvalue weighted by molar-refractivity contribution is -0.141. The molecule has 0 radical (unpaired) electrons. The van der Waals surface area contributed by atoms with E-state index in [1.165, 1.54) is 0 Å². The van der Waals surface area contributed by atoms with Gasteiger partial charge in [0.2, 0.25) is 0 Å². The van der Waals surface area contributed by atoms with Gasteiger partial charge in [0.25, 0.3) is 5.91 Å². The Kier molecular flexibility index (Phi) is 4.31. The van der Waals surface area contributed by atoms with Crippen molar-refractivity contribution in [3.63, 3.8) is 0 Å². The molecule has 1 fully saturated rings. The third-order valence-corrected chi connectivity index (χ3v) is 5.07. The Morgan fingerprint density at radius 3 is 2.81 bits per heavy atom. The van der Waals surface area contributed by atoms with Gasteiger partial charge in [0, 0.05) is 17.6 Å². The number of aliphatic carboxylic acids is 1. The topological polar surface area (TPSA) is 110 Å². The van der Waals surface area contributed by atoms with Gasteiger partial charge in [-0.1, -0.05) is 23.4 Å². The highest BCUT2D eigenvalue weighted by Gasteiger charge is 2.31. The number of rotatable bonds is 4. The molecule has 1 amide bonds. The lowest BCUT2D eigenvalue weighted by atomic mass is 10.1. The molecule has 0 saturated heterocycles. The fourth-order valence-electron chi connectivity index (χ4n) is 3.62. The van der Waals surface area contributed by atoms with Crippen molar-refractivity contribution >= 4 is 22.8 Å². The van der Waals surface area contributed by atoms with Crippen LogP contribution in [0.3, 0.4) is 0 Å². The van der Waals surface area contributed by atoms with Gasteiger partial charge in [-0.25, -0.2) is 4.68 Å². The summed E-state index contributed by atoms with van der Waals surface area (Å²) in [5.41, 5.74) is 2.38. The Morgan fingerprint density at radius 2 is 2.04 bits per heavy atom. The molecule has 2 N–H and O–H groups in total. The molecule has 0 aliphatic heterocycles. The van der Waals surface area contributed by atoms with Crippen molar-refractivity contribution in [2.24, 2.45) is 5.92 Å². The molecule has 1 aliphatic carbocycles. The third kappa shape index (κ3) is 3.14. The Balaban J connectivity index is 1.59. The molecule has 0 bridgehead atoms. The van der Waals surface area contributed by atoms with Crippen LogP contribution in [0, 0.1) is 12.8 Å². The van der Waals surface area contributed by atoms with E-state index < -0.39 is 11.9 Å². The number of benzene rings is 1. The fraction of sp³-hybridized carbons (Fsp3) is 0.316. The van der Waals surface area contributed by atoms with Gasteiger partial charge in [-0.3, -0.25) is 14.6 Å². The molecular weight excluding hydrogens is 346 g/mol. The van der Waals surface area contributed by atoms with Gasteiger partial charge in [-0.2, -0.15) is 0 Å². The zero-order valence-corrected chi connectivity index (χ0v) is 14.8. The van der Waals surface area contributed by atoms with E-state index >= 15 is 0 Å². The first-order valence-electron chi connectivity index (χ1n) is 8.84. The van der Waals surface area contributed by atoms with Crippen LogP contribution in [0.4, 0.5) is 0 Å². The number of amides is 1. The summed E-state index contributed by atoms with van der Waals surface area (Å²) in [6.45, 7) is 1.78. The quantitative estimate of drug-likeness (QED) is 0.733. The molecule has 8 heteroatoms. The molecule has 1 aromatic carbocycles. The van der Waals surface area contributed by atoms with Crippen LogP contribution in [0.5, 0.6) is 0 Å². The summed E-state index contributed by atoms with van der Waals surface area (Å²) in [5.74, 6) is -1.53. The normalized spacial score (nSPS) is 19.3. The molecule has 2 heterocycles. The summed E-state index contributed by atoms with van der Waals surface area (Å²) in [6.07, 6.45) is 3.39. The monoisotopic (exact) mass is 365 g/mol. The third-order valence-electron chi connectivity index (χ3n) is 5.07. The molecule has 0 unspecified atom stereocenters. The van der Waals surface area contributed by atoms with Gasteiger partial charge in [-0.15, -0.1) is 5.10 Å². The Hall–Kier alpha value is -3.29. The zero-order chi connectivity index (χ0) is 19.0. The molecule has 1 saturated carbocycles. The standard InChI is InChI=1S/C19H19N5O3/c1-11-16(18(25)21-14-8-7-13(10-14)19(26)27)22-23-24(11)15-6-2-4-12-5-3-9-20-17(12)15/h2-6,9,13-14H,7-8,10H2,1H3,(H,21,25)(H,26,27)/t13-,14+/m1/s1. The van der Waals surface area contributed by atoms with Crippen LogP contribution in [-0.2, 0) is 4.79 Å². The molecule has 138 valence electrons. The van der Waals surface area contributed by atoms with Crippen molar-refractivity contribution in [3.05, 3.63) is 47.9 Å². The number of aromatic nitrogens is 4. The highest BCUT2D eigenvalue weighted by atomic mass is 16.4. The summed E-state index contributed by atoms with van der Waals surface area (Å²) < 4.78 is 1.61. The number of carboxylic acids is 1. The Morgan fingerprint density at radius 1 is 1.22 bits per heavy atom. The van der Waals surface area contributed by atoms with E-state index in [1.807, 2.05) is 30.3 Å². The molecular formula is C19H19N5O3. The van der Waals surface area contributed by atoms with E-state index in [0.29, 0.717) is 25.0 Å². The summed E-state index contributed by atoms with van der Waals surface area (Å²) in [4.78, 5) is 28.1. The molecule has 1 aliphatic rings. The number of hydrogen-bond acceptors (Lipinski definition) is 5. The van der Waals surface area contributed by atoms with E-state index in [-0.39, 0.29) is 17.6 Å². The number of nitrogens with one attached hydrogen (secondary N) is 1. The average Bonchev–Trinajstić information content (AvgIpc) is 3.28. The predicted molar refractivity (Wildman–Crippen MR) is 97.6 cm³/mol. The maximum atomic E-state index is 12.6. The highest BCUT2D eigenvalue weighted by molar-refractivity contribution is 5.94. The number of carbonyl (C=O) groups excluding carboxylic acids is 1. The minimum absolute atomic E-state index is 0.151. The van der Waals surface area contributed by atoms with Crippen LogP contribution in [0.25, 0.3) is 16.6 Å². The average molecular weight is 365 g/mol. The predicted octanol–water partition coefficient (Wildman–Crippen LogP) is 2.11. The fourth-order valence-corrected chi connectivity index (χ4v) is 3.62. The van der Waals surface area contributed by atoms with Gasteiger partial charge in [-0.05, 0) is 38.3 Å². The molecule has 2 aromatic heterocycles. The first-order chi connectivity index (χ1) is 13.0. The van der Waals surface area contributed by atoms with Crippen molar-refractivity contribution in [2.75, 3.05) is 0 Å². The second kappa shape index (κ2) is 6.79. The number of carboxylic acid groups (broad SMARTS) is 1. The van der Waals surface area contributed by atoms with E-state index in [4.69, 9.17) is 5.11 Å². The van der Waals surface area contributed by atoms with E-state index in [2.05, 4.69) is 20.6 Å². The number of para-hydroxylation sites is 1. The van der Waals surface area contributed by atoms with Crippen molar-refractivity contribution in [2.45, 2.75) is 32.2 Å². The van der Waals surface area contributed by atoms with Crippen LogP contribution in [0.15, 0.2) is 36.5 Å². The lowest BCUT2D eigenvalue weighted by Gasteiger charge is -2.11. The number of hydrogen-bond donors (Lipinski definition) is 2. The minimum atomic E-state index is -0.808.